The molecule has 1 aromatic heterocycles. The summed E-state index contributed by atoms with van der Waals surface area (Å²) in [5.41, 5.74) is 1.03. The third kappa shape index (κ3) is 4.66. The van der Waals surface area contributed by atoms with E-state index in [1.54, 1.807) is 24.5 Å². The summed E-state index contributed by atoms with van der Waals surface area (Å²) in [5.74, 6) is 0. The second-order valence-electron chi connectivity index (χ2n) is 7.19. The lowest BCUT2D eigenvalue weighted by atomic mass is 9.96. The summed E-state index contributed by atoms with van der Waals surface area (Å²) in [6.07, 6.45) is -6.34. The van der Waals surface area contributed by atoms with Crippen molar-refractivity contribution in [2.45, 2.75) is 12.4 Å². The number of aromatic nitrogens is 1. The van der Waals surface area contributed by atoms with E-state index in [1.165, 1.54) is 12.1 Å². The quantitative estimate of drug-likeness (QED) is 0.291. The van der Waals surface area contributed by atoms with E-state index in [2.05, 4.69) is 4.98 Å². The molecule has 32 heavy (non-hydrogen) atoms. The van der Waals surface area contributed by atoms with Gasteiger partial charge in [0.05, 0.1) is 11.1 Å². The van der Waals surface area contributed by atoms with E-state index in [1.807, 2.05) is 36.4 Å². The van der Waals surface area contributed by atoms with Crippen LogP contribution in [0, 0.1) is 0 Å². The van der Waals surface area contributed by atoms with Gasteiger partial charge >= 0.3 is 12.4 Å². The molecule has 0 atom stereocenters. The summed E-state index contributed by atoms with van der Waals surface area (Å²) < 4.78 is 78.7. The van der Waals surface area contributed by atoms with Crippen LogP contribution in [0.5, 0.6) is 0 Å². The van der Waals surface area contributed by atoms with Gasteiger partial charge in [-0.1, -0.05) is 54.6 Å². The number of pyridine rings is 1. The summed E-state index contributed by atoms with van der Waals surface area (Å²) in [7, 11) is 0. The minimum absolute atomic E-state index is 0.127. The Hall–Kier alpha value is -3.61. The molecule has 0 bridgehead atoms. The zero-order valence-electron chi connectivity index (χ0n) is 16.4. The van der Waals surface area contributed by atoms with Crippen LogP contribution in [0.25, 0.3) is 33.4 Å². The molecule has 0 spiro atoms. The van der Waals surface area contributed by atoms with Crippen molar-refractivity contribution in [3.05, 3.63) is 102 Å². The lowest BCUT2D eigenvalue weighted by molar-refractivity contribution is -0.143. The SMILES string of the molecule is FC(F)(F)c1cc(-c2ccc(-c3ccc(-c4cccnc4)cc3)cc2)cc(C(F)(F)F)c1. The number of hydrogen-bond donors (Lipinski definition) is 0. The van der Waals surface area contributed by atoms with E-state index in [0.717, 1.165) is 34.4 Å². The maximum absolute atomic E-state index is 13.1. The van der Waals surface area contributed by atoms with Gasteiger partial charge in [-0.3, -0.25) is 4.98 Å². The fourth-order valence-corrected chi connectivity index (χ4v) is 3.37. The van der Waals surface area contributed by atoms with Gasteiger partial charge in [-0.15, -0.1) is 0 Å². The van der Waals surface area contributed by atoms with E-state index in [-0.39, 0.29) is 17.2 Å². The van der Waals surface area contributed by atoms with Gasteiger partial charge in [0.1, 0.15) is 0 Å². The topological polar surface area (TPSA) is 12.9 Å². The van der Waals surface area contributed by atoms with Crippen LogP contribution in [0.15, 0.2) is 91.3 Å². The molecule has 3 aromatic carbocycles. The predicted octanol–water partition coefficient (Wildman–Crippen LogP) is 8.12. The van der Waals surface area contributed by atoms with Crippen molar-refractivity contribution in [3.63, 3.8) is 0 Å². The fraction of sp³-hybridized carbons (Fsp3) is 0.0800. The van der Waals surface area contributed by atoms with Crippen LogP contribution in [-0.2, 0) is 12.4 Å². The van der Waals surface area contributed by atoms with E-state index in [4.69, 9.17) is 0 Å². The molecule has 0 aliphatic heterocycles. The highest BCUT2D eigenvalue weighted by molar-refractivity contribution is 5.73. The summed E-state index contributed by atoms with van der Waals surface area (Å²) in [6.45, 7) is 0. The molecule has 1 heterocycles. The van der Waals surface area contributed by atoms with Crippen LogP contribution in [0.1, 0.15) is 11.1 Å². The van der Waals surface area contributed by atoms with Crippen LogP contribution in [-0.4, -0.2) is 4.98 Å². The second-order valence-corrected chi connectivity index (χ2v) is 7.19. The van der Waals surface area contributed by atoms with Crippen LogP contribution in [0.2, 0.25) is 0 Å². The zero-order chi connectivity index (χ0) is 22.9. The van der Waals surface area contributed by atoms with Crippen molar-refractivity contribution in [1.29, 1.82) is 0 Å². The van der Waals surface area contributed by atoms with E-state index < -0.39 is 23.5 Å². The first-order valence-corrected chi connectivity index (χ1v) is 9.52. The molecule has 4 rings (SSSR count). The number of benzene rings is 3. The molecule has 0 amide bonds. The Morgan fingerprint density at radius 3 is 1.25 bits per heavy atom. The van der Waals surface area contributed by atoms with Gasteiger partial charge in [-0.05, 0) is 57.6 Å². The third-order valence-corrected chi connectivity index (χ3v) is 5.02. The molecular formula is C25H15F6N. The smallest absolute Gasteiger partial charge is 0.264 e. The maximum atomic E-state index is 13.1. The van der Waals surface area contributed by atoms with Crippen LogP contribution in [0.3, 0.4) is 0 Å². The van der Waals surface area contributed by atoms with Gasteiger partial charge in [-0.25, -0.2) is 0 Å². The molecule has 162 valence electrons. The first-order valence-electron chi connectivity index (χ1n) is 9.52. The van der Waals surface area contributed by atoms with E-state index in [9.17, 15) is 26.3 Å². The first-order chi connectivity index (χ1) is 15.1. The molecule has 7 heteroatoms. The molecular weight excluding hydrogens is 428 g/mol. The van der Waals surface area contributed by atoms with Gasteiger partial charge in [0.2, 0.25) is 0 Å². The Kier molecular flexibility index (Phi) is 5.50. The van der Waals surface area contributed by atoms with Crippen molar-refractivity contribution < 1.29 is 26.3 Å². The highest BCUT2D eigenvalue weighted by Crippen LogP contribution is 2.39. The van der Waals surface area contributed by atoms with Crippen LogP contribution in [0.4, 0.5) is 26.3 Å². The minimum Gasteiger partial charge on any atom is -0.264 e. The Morgan fingerprint density at radius 1 is 0.469 bits per heavy atom. The highest BCUT2D eigenvalue weighted by Gasteiger charge is 2.37. The standard InChI is InChI=1S/C25H15F6N/c26-24(27,28)22-12-21(13-23(14-22)25(29,30)31)19-9-5-17(6-10-19)16-3-7-18(8-4-16)20-2-1-11-32-15-20/h1-15H. The third-order valence-electron chi connectivity index (χ3n) is 5.02. The summed E-state index contributed by atoms with van der Waals surface area (Å²) >= 11 is 0. The first kappa shape index (κ1) is 21.6. The predicted molar refractivity (Wildman–Crippen MR) is 111 cm³/mol. The number of rotatable bonds is 3. The molecule has 0 unspecified atom stereocenters. The molecule has 1 nitrogen and oxygen atoms in total. The Balaban J connectivity index is 1.65. The molecule has 0 fully saturated rings. The summed E-state index contributed by atoms with van der Waals surface area (Å²) in [5, 5.41) is 0. The van der Waals surface area contributed by atoms with E-state index in [0.29, 0.717) is 0 Å². The zero-order valence-corrected chi connectivity index (χ0v) is 16.4. The average Bonchev–Trinajstić information content (AvgIpc) is 2.78. The monoisotopic (exact) mass is 443 g/mol. The molecule has 0 saturated carbocycles. The van der Waals surface area contributed by atoms with Gasteiger partial charge in [-0.2, -0.15) is 26.3 Å². The van der Waals surface area contributed by atoms with Crippen molar-refractivity contribution in [1.82, 2.24) is 4.98 Å². The number of nitrogens with zero attached hydrogens (tertiary/aromatic N) is 1. The highest BCUT2D eigenvalue weighted by atomic mass is 19.4. The van der Waals surface area contributed by atoms with Crippen molar-refractivity contribution in [2.75, 3.05) is 0 Å². The van der Waals surface area contributed by atoms with Gasteiger partial charge in [0, 0.05) is 12.4 Å². The summed E-state index contributed by atoms with van der Waals surface area (Å²) in [4.78, 5) is 4.08. The number of hydrogen-bond acceptors (Lipinski definition) is 1. The largest absolute Gasteiger partial charge is 0.416 e. The van der Waals surface area contributed by atoms with Crippen LogP contribution < -0.4 is 0 Å². The summed E-state index contributed by atoms with van der Waals surface area (Å²) in [6, 6.07) is 19.3. The second kappa shape index (κ2) is 8.15. The normalized spacial score (nSPS) is 12.1. The lowest BCUT2D eigenvalue weighted by Gasteiger charge is -2.14. The Morgan fingerprint density at radius 2 is 0.875 bits per heavy atom. The van der Waals surface area contributed by atoms with Crippen molar-refractivity contribution in [2.24, 2.45) is 0 Å². The van der Waals surface area contributed by atoms with Crippen molar-refractivity contribution >= 4 is 0 Å². The maximum Gasteiger partial charge on any atom is 0.416 e. The molecule has 0 N–H and O–H groups in total. The number of alkyl halides is 6. The van der Waals surface area contributed by atoms with Crippen LogP contribution >= 0.6 is 0 Å². The molecule has 4 aromatic rings. The van der Waals surface area contributed by atoms with Gasteiger partial charge in [0.25, 0.3) is 0 Å². The molecule has 0 saturated heterocycles. The number of halogens is 6. The minimum atomic E-state index is -4.88. The van der Waals surface area contributed by atoms with E-state index >= 15 is 0 Å². The van der Waals surface area contributed by atoms with Gasteiger partial charge < -0.3 is 0 Å². The lowest BCUT2D eigenvalue weighted by Crippen LogP contribution is -2.11. The average molecular weight is 443 g/mol. The van der Waals surface area contributed by atoms with Gasteiger partial charge in [0.15, 0.2) is 0 Å². The van der Waals surface area contributed by atoms with Crippen molar-refractivity contribution in [3.8, 4) is 33.4 Å². The Bertz CT molecular complexity index is 1180. The molecule has 0 aliphatic rings. The molecule has 0 radical (unpaired) electrons. The molecule has 0 aliphatic carbocycles. The Labute approximate surface area is 180 Å². The fourth-order valence-electron chi connectivity index (χ4n) is 3.37.